The first-order valence-electron chi connectivity index (χ1n) is 15.1. The molecule has 58 heavy (non-hydrogen) atoms. The van der Waals surface area contributed by atoms with Crippen LogP contribution in [-0.4, -0.2) is 34.1 Å². The highest BCUT2D eigenvalue weighted by Gasteiger charge is 2.43. The maximum Gasteiger partial charge on any atom is 0.422 e. The van der Waals surface area contributed by atoms with Crippen LogP contribution in [0.2, 0.25) is 0 Å². The summed E-state index contributed by atoms with van der Waals surface area (Å²) in [6, 6.07) is 6.02. The third-order valence-electron chi connectivity index (χ3n) is 7.14. The Morgan fingerprint density at radius 3 is 1.02 bits per heavy atom. The number of alkyl halides is 6. The fourth-order valence-electron chi connectivity index (χ4n) is 4.65. The number of rotatable bonds is 10. The third kappa shape index (κ3) is 10.4. The maximum atomic E-state index is 13.9. The van der Waals surface area contributed by atoms with Gasteiger partial charge in [0.25, 0.3) is 0 Å². The van der Waals surface area contributed by atoms with Gasteiger partial charge in [0.05, 0.1) is 0 Å². The molecule has 0 heterocycles. The van der Waals surface area contributed by atoms with Gasteiger partial charge in [0.1, 0.15) is 33.8 Å². The van der Waals surface area contributed by atoms with Crippen LogP contribution in [-0.2, 0) is 35.0 Å². The van der Waals surface area contributed by atoms with Crippen LogP contribution >= 0.6 is 0 Å². The number of anilines is 2. The maximum absolute atomic E-state index is 13.9. The normalized spacial score (nSPS) is 11.3. The van der Waals surface area contributed by atoms with E-state index in [1.807, 2.05) is 0 Å². The minimum Gasteiger partial charge on any atom is -0.478 e. The number of esters is 2. The lowest BCUT2D eigenvalue weighted by Crippen LogP contribution is -2.18. The van der Waals surface area contributed by atoms with Gasteiger partial charge >= 0.3 is 36.2 Å². The highest BCUT2D eigenvalue weighted by Crippen LogP contribution is 2.39. The Morgan fingerprint density at radius 1 is 0.517 bits per heavy atom. The molecule has 10 nitrogen and oxygen atoms in total. The number of halogens is 14. The zero-order chi connectivity index (χ0) is 44.2. The van der Waals surface area contributed by atoms with Crippen molar-refractivity contribution < 1.29 is 100 Å². The average Bonchev–Trinajstić information content (AvgIpc) is 3.09. The second kappa shape index (κ2) is 17.7. The lowest BCUT2D eigenvalue weighted by atomic mass is 10.1. The standard InChI is InChI=1S/2C17H10F7NO4/c2*1-6(26)29-10-3-2-7(4-8(10)16(27)28)25-5-9-12(18)14(20)11(17(22,23)24)15(21)13(9)19/h2*2-4,25H,5H2,1H3,(H,27,28). The number of aromatic carboxylic acids is 2. The molecule has 24 heteroatoms. The average molecular weight is 851 g/mol. The van der Waals surface area contributed by atoms with Gasteiger partial charge in [-0.15, -0.1) is 0 Å². The fourth-order valence-corrected chi connectivity index (χ4v) is 4.65. The van der Waals surface area contributed by atoms with Crippen molar-refractivity contribution in [2.24, 2.45) is 0 Å². The molecule has 0 bridgehead atoms. The lowest BCUT2D eigenvalue weighted by molar-refractivity contribution is -0.144. The smallest absolute Gasteiger partial charge is 0.422 e. The molecule has 4 aromatic rings. The number of carbonyl (C=O) groups excluding carboxylic acids is 2. The molecule has 0 fully saturated rings. The predicted molar refractivity (Wildman–Crippen MR) is 167 cm³/mol. The summed E-state index contributed by atoms with van der Waals surface area (Å²) in [6.07, 6.45) is -11.3. The van der Waals surface area contributed by atoms with E-state index in [1.54, 1.807) is 0 Å². The largest absolute Gasteiger partial charge is 0.478 e. The van der Waals surface area contributed by atoms with Crippen molar-refractivity contribution in [2.75, 3.05) is 10.6 Å². The van der Waals surface area contributed by atoms with E-state index in [2.05, 4.69) is 20.1 Å². The summed E-state index contributed by atoms with van der Waals surface area (Å²) in [7, 11) is 0. The van der Waals surface area contributed by atoms with E-state index in [1.165, 1.54) is 0 Å². The summed E-state index contributed by atoms with van der Waals surface area (Å²) in [5.41, 5.74) is -9.48. The number of carboxylic acids is 2. The fraction of sp³-hybridized carbons (Fsp3) is 0.176. The molecule has 0 aliphatic rings. The quantitative estimate of drug-likeness (QED) is 0.0527. The van der Waals surface area contributed by atoms with Crippen LogP contribution in [0.3, 0.4) is 0 Å². The highest BCUT2D eigenvalue weighted by atomic mass is 19.4. The third-order valence-corrected chi connectivity index (χ3v) is 7.14. The van der Waals surface area contributed by atoms with Gasteiger partial charge < -0.3 is 30.3 Å². The van der Waals surface area contributed by atoms with E-state index in [0.29, 0.717) is 0 Å². The van der Waals surface area contributed by atoms with E-state index >= 15 is 0 Å². The second-order valence-corrected chi connectivity index (χ2v) is 11.1. The van der Waals surface area contributed by atoms with Crippen molar-refractivity contribution in [1.82, 2.24) is 0 Å². The monoisotopic (exact) mass is 850 g/mol. The highest BCUT2D eigenvalue weighted by molar-refractivity contribution is 5.94. The zero-order valence-electron chi connectivity index (χ0n) is 28.5. The Bertz CT molecular complexity index is 2080. The number of nitrogens with one attached hydrogen (secondary N) is 2. The van der Waals surface area contributed by atoms with E-state index < -0.39 is 129 Å². The van der Waals surface area contributed by atoms with E-state index in [9.17, 15) is 80.6 Å². The van der Waals surface area contributed by atoms with Gasteiger partial charge in [0.15, 0.2) is 46.5 Å². The Morgan fingerprint density at radius 2 is 0.793 bits per heavy atom. The van der Waals surface area contributed by atoms with E-state index in [0.717, 1.165) is 50.2 Å². The Labute approximate surface area is 313 Å². The minimum absolute atomic E-state index is 0.141. The van der Waals surface area contributed by atoms with Gasteiger partial charge in [-0.2, -0.15) is 26.3 Å². The van der Waals surface area contributed by atoms with Crippen LogP contribution in [0, 0.1) is 46.5 Å². The zero-order valence-corrected chi connectivity index (χ0v) is 28.5. The molecule has 0 unspecified atom stereocenters. The van der Waals surface area contributed by atoms with Crippen LogP contribution in [0.1, 0.15) is 56.8 Å². The first-order valence-corrected chi connectivity index (χ1v) is 15.1. The van der Waals surface area contributed by atoms with Gasteiger partial charge in [-0.25, -0.2) is 44.7 Å². The first-order chi connectivity index (χ1) is 26.7. The van der Waals surface area contributed by atoms with Gasteiger partial charge in [-0.3, -0.25) is 9.59 Å². The summed E-state index contributed by atoms with van der Waals surface area (Å²) in [5, 5.41) is 22.7. The summed E-state index contributed by atoms with van der Waals surface area (Å²) < 4.78 is 195. The SMILES string of the molecule is CC(=O)Oc1ccc(NCc2c(F)c(F)c(C(F)(F)F)c(F)c2F)cc1C(=O)O.CC(=O)Oc1ccc(NCc2c(F)c(F)c(C(F)(F)F)c(F)c2F)cc1C(=O)O. The molecular formula is C34H20F14N2O8. The second-order valence-electron chi connectivity index (χ2n) is 11.1. The molecule has 0 spiro atoms. The molecule has 0 aliphatic carbocycles. The van der Waals surface area contributed by atoms with Crippen molar-refractivity contribution in [3.05, 3.63) is 116 Å². The first kappa shape index (κ1) is 45.8. The molecule has 0 radical (unpaired) electrons. The van der Waals surface area contributed by atoms with E-state index in [-0.39, 0.29) is 22.9 Å². The molecule has 0 aromatic heterocycles. The summed E-state index contributed by atoms with van der Waals surface area (Å²) >= 11 is 0. The molecule has 0 saturated heterocycles. The Hall–Kier alpha value is -6.62. The number of carbonyl (C=O) groups is 4. The molecule has 4 aromatic carbocycles. The molecule has 0 aliphatic heterocycles. The van der Waals surface area contributed by atoms with Crippen LogP contribution in [0.5, 0.6) is 11.5 Å². The van der Waals surface area contributed by atoms with Crippen molar-refractivity contribution in [3.8, 4) is 11.5 Å². The van der Waals surface area contributed by atoms with E-state index in [4.69, 9.17) is 10.2 Å². The molecular weight excluding hydrogens is 830 g/mol. The van der Waals surface area contributed by atoms with Crippen molar-refractivity contribution in [2.45, 2.75) is 39.3 Å². The molecule has 4 rings (SSSR count). The van der Waals surface area contributed by atoms with Gasteiger partial charge in [0, 0.05) is 49.4 Å². The minimum atomic E-state index is -5.66. The van der Waals surface area contributed by atoms with Crippen LogP contribution < -0.4 is 20.1 Å². The molecule has 4 N–H and O–H groups in total. The van der Waals surface area contributed by atoms with Gasteiger partial charge in [-0.1, -0.05) is 0 Å². The number of hydrogen-bond donors (Lipinski definition) is 4. The number of benzene rings is 4. The van der Waals surface area contributed by atoms with Crippen molar-refractivity contribution in [3.63, 3.8) is 0 Å². The van der Waals surface area contributed by atoms with Crippen LogP contribution in [0.4, 0.5) is 72.8 Å². The number of ether oxygens (including phenoxy) is 2. The molecule has 0 amide bonds. The molecule has 0 saturated carbocycles. The van der Waals surface area contributed by atoms with Crippen molar-refractivity contribution in [1.29, 1.82) is 0 Å². The van der Waals surface area contributed by atoms with Gasteiger partial charge in [-0.05, 0) is 36.4 Å². The molecule has 312 valence electrons. The summed E-state index contributed by atoms with van der Waals surface area (Å²) in [4.78, 5) is 44.3. The Balaban J connectivity index is 0.000000310. The summed E-state index contributed by atoms with van der Waals surface area (Å²) in [5.74, 6) is -24.8. The van der Waals surface area contributed by atoms with Crippen LogP contribution in [0.25, 0.3) is 0 Å². The molecule has 0 atom stereocenters. The summed E-state index contributed by atoms with van der Waals surface area (Å²) in [6.45, 7) is -0.0146. The predicted octanol–water partition coefficient (Wildman–Crippen LogP) is 8.99. The topological polar surface area (TPSA) is 151 Å². The Kier molecular flexibility index (Phi) is 13.9. The van der Waals surface area contributed by atoms with Crippen LogP contribution in [0.15, 0.2) is 36.4 Å². The van der Waals surface area contributed by atoms with Gasteiger partial charge in [0.2, 0.25) is 0 Å². The number of carboxylic acid groups (broad SMARTS) is 2. The lowest BCUT2D eigenvalue weighted by Gasteiger charge is -2.15. The number of hydrogen-bond acceptors (Lipinski definition) is 8. The van der Waals surface area contributed by atoms with Crippen molar-refractivity contribution >= 4 is 35.3 Å².